The molecule has 0 aliphatic rings. The van der Waals surface area contributed by atoms with E-state index in [1.165, 1.54) is 61.9 Å². The van der Waals surface area contributed by atoms with E-state index in [1.807, 2.05) is 0 Å². The van der Waals surface area contributed by atoms with Crippen LogP contribution in [0.15, 0.2) is 24.5 Å². The zero-order valence-electron chi connectivity index (χ0n) is 15.5. The molecule has 2 nitrogen and oxygen atoms in total. The van der Waals surface area contributed by atoms with Crippen LogP contribution >= 0.6 is 0 Å². The first-order chi connectivity index (χ1) is 11.2. The number of nitrogens with zero attached hydrogens (tertiary/aromatic N) is 2. The molecule has 2 unspecified atom stereocenters. The third-order valence-corrected chi connectivity index (χ3v) is 5.14. The highest BCUT2D eigenvalue weighted by molar-refractivity contribution is 5.51. The van der Waals surface area contributed by atoms with Gasteiger partial charge in [0.2, 0.25) is 0 Å². The largest absolute Gasteiger partial charge is 0.307 e. The second kappa shape index (κ2) is 9.10. The van der Waals surface area contributed by atoms with Crippen LogP contribution in [0.2, 0.25) is 0 Å². The van der Waals surface area contributed by atoms with Crippen LogP contribution in [0.5, 0.6) is 0 Å². The van der Waals surface area contributed by atoms with Gasteiger partial charge in [0.05, 0.1) is 5.69 Å². The van der Waals surface area contributed by atoms with E-state index in [2.05, 4.69) is 56.6 Å². The molecule has 0 bridgehead atoms. The number of aromatic nitrogens is 2. The average Bonchev–Trinajstić information content (AvgIpc) is 3.00. The van der Waals surface area contributed by atoms with Crippen LogP contribution in [-0.4, -0.2) is 9.38 Å². The molecule has 2 atom stereocenters. The fourth-order valence-corrected chi connectivity index (χ4v) is 3.46. The van der Waals surface area contributed by atoms with Gasteiger partial charge in [0, 0.05) is 18.3 Å². The Morgan fingerprint density at radius 3 is 2.57 bits per heavy atom. The molecule has 0 aliphatic heterocycles. The number of rotatable bonds is 10. The highest BCUT2D eigenvalue weighted by Gasteiger charge is 2.17. The molecule has 0 aliphatic carbocycles. The molecule has 0 saturated heterocycles. The Hall–Kier alpha value is -1.31. The first-order valence-corrected chi connectivity index (χ1v) is 9.68. The topological polar surface area (TPSA) is 17.3 Å². The lowest BCUT2D eigenvalue weighted by Crippen LogP contribution is -2.00. The molecule has 2 aromatic heterocycles. The highest BCUT2D eigenvalue weighted by atomic mass is 15.0. The van der Waals surface area contributed by atoms with Crippen molar-refractivity contribution in [2.75, 3.05) is 0 Å². The summed E-state index contributed by atoms with van der Waals surface area (Å²) in [5.41, 5.74) is 3.87. The van der Waals surface area contributed by atoms with E-state index >= 15 is 0 Å². The Morgan fingerprint density at radius 1 is 1.04 bits per heavy atom. The SMILES string of the molecule is CCCCCCC(CCC)c1cn2cccc(C(C)CC)c2n1. The molecule has 0 N–H and O–H groups in total. The number of imidazole rings is 1. The predicted octanol–water partition coefficient (Wildman–Crippen LogP) is 6.70. The highest BCUT2D eigenvalue weighted by Crippen LogP contribution is 2.29. The molecular formula is C21H34N2. The maximum absolute atomic E-state index is 5.06. The van der Waals surface area contributed by atoms with Gasteiger partial charge in [0.25, 0.3) is 0 Å². The minimum atomic E-state index is 0.572. The molecule has 2 heteroatoms. The number of pyridine rings is 1. The standard InChI is InChI=1S/C21H34N2/c1-5-8-9-10-13-18(12-6-2)20-16-23-15-11-14-19(17(4)7-3)21(23)22-20/h11,14-18H,5-10,12-13H2,1-4H3. The quantitative estimate of drug-likeness (QED) is 0.446. The molecule has 2 heterocycles. The summed E-state index contributed by atoms with van der Waals surface area (Å²) in [7, 11) is 0. The molecule has 0 fully saturated rings. The number of unbranched alkanes of at least 4 members (excludes halogenated alkanes) is 3. The van der Waals surface area contributed by atoms with Gasteiger partial charge in [-0.25, -0.2) is 4.98 Å². The Labute approximate surface area is 142 Å². The lowest BCUT2D eigenvalue weighted by molar-refractivity contribution is 0.514. The fraction of sp³-hybridized carbons (Fsp3) is 0.667. The summed E-state index contributed by atoms with van der Waals surface area (Å²) in [6, 6.07) is 4.41. The van der Waals surface area contributed by atoms with Crippen LogP contribution in [0.25, 0.3) is 5.65 Å². The monoisotopic (exact) mass is 314 g/mol. The van der Waals surface area contributed by atoms with Gasteiger partial charge < -0.3 is 4.40 Å². The average molecular weight is 315 g/mol. The van der Waals surface area contributed by atoms with Gasteiger partial charge in [0.1, 0.15) is 5.65 Å². The van der Waals surface area contributed by atoms with E-state index in [-0.39, 0.29) is 0 Å². The van der Waals surface area contributed by atoms with Gasteiger partial charge in [-0.15, -0.1) is 0 Å². The van der Waals surface area contributed by atoms with Crippen molar-refractivity contribution >= 4 is 5.65 Å². The summed E-state index contributed by atoms with van der Waals surface area (Å²) in [6.45, 7) is 9.13. The van der Waals surface area contributed by atoms with E-state index in [1.54, 1.807) is 0 Å². The van der Waals surface area contributed by atoms with Crippen molar-refractivity contribution in [1.82, 2.24) is 9.38 Å². The third-order valence-electron chi connectivity index (χ3n) is 5.14. The summed E-state index contributed by atoms with van der Waals surface area (Å²) in [5, 5.41) is 0. The van der Waals surface area contributed by atoms with Gasteiger partial charge in [-0.2, -0.15) is 0 Å². The van der Waals surface area contributed by atoms with Gasteiger partial charge in [-0.3, -0.25) is 0 Å². The van der Waals surface area contributed by atoms with E-state index in [0.717, 1.165) is 6.42 Å². The van der Waals surface area contributed by atoms with Crippen molar-refractivity contribution in [3.8, 4) is 0 Å². The lowest BCUT2D eigenvalue weighted by Gasteiger charge is -2.13. The fourth-order valence-electron chi connectivity index (χ4n) is 3.46. The van der Waals surface area contributed by atoms with Crippen molar-refractivity contribution in [2.45, 2.75) is 90.9 Å². The van der Waals surface area contributed by atoms with Gasteiger partial charge >= 0.3 is 0 Å². The number of hydrogen-bond acceptors (Lipinski definition) is 1. The summed E-state index contributed by atoms with van der Waals surface area (Å²) in [5.74, 6) is 1.20. The maximum atomic E-state index is 5.06. The molecule has 2 aromatic rings. The van der Waals surface area contributed by atoms with Gasteiger partial charge in [0.15, 0.2) is 0 Å². The summed E-state index contributed by atoms with van der Waals surface area (Å²) < 4.78 is 2.24. The van der Waals surface area contributed by atoms with Gasteiger partial charge in [-0.1, -0.05) is 65.9 Å². The zero-order chi connectivity index (χ0) is 16.7. The molecule has 128 valence electrons. The van der Waals surface area contributed by atoms with Crippen molar-refractivity contribution in [3.05, 3.63) is 35.8 Å². The Bertz CT molecular complexity index is 585. The molecule has 23 heavy (non-hydrogen) atoms. The molecule has 2 rings (SSSR count). The molecule has 0 radical (unpaired) electrons. The van der Waals surface area contributed by atoms with E-state index < -0.39 is 0 Å². The van der Waals surface area contributed by atoms with Gasteiger partial charge in [-0.05, 0) is 36.8 Å². The number of fused-ring (bicyclic) bond motifs is 1. The van der Waals surface area contributed by atoms with Crippen LogP contribution in [0, 0.1) is 0 Å². The van der Waals surface area contributed by atoms with Crippen LogP contribution in [0.4, 0.5) is 0 Å². The smallest absolute Gasteiger partial charge is 0.140 e. The molecule has 0 saturated carbocycles. The Kier molecular flexibility index (Phi) is 7.14. The maximum Gasteiger partial charge on any atom is 0.140 e. The summed E-state index contributed by atoms with van der Waals surface area (Å²) in [6.07, 6.45) is 14.8. The third kappa shape index (κ3) is 4.59. The summed E-state index contributed by atoms with van der Waals surface area (Å²) in [4.78, 5) is 5.06. The van der Waals surface area contributed by atoms with E-state index in [0.29, 0.717) is 11.8 Å². The van der Waals surface area contributed by atoms with Crippen molar-refractivity contribution in [2.24, 2.45) is 0 Å². The molecular weight excluding hydrogens is 280 g/mol. The Balaban J connectivity index is 2.22. The van der Waals surface area contributed by atoms with Crippen molar-refractivity contribution in [3.63, 3.8) is 0 Å². The van der Waals surface area contributed by atoms with Crippen molar-refractivity contribution in [1.29, 1.82) is 0 Å². The summed E-state index contributed by atoms with van der Waals surface area (Å²) >= 11 is 0. The Morgan fingerprint density at radius 2 is 1.87 bits per heavy atom. The molecule has 0 amide bonds. The molecule has 0 spiro atoms. The first kappa shape index (κ1) is 18.0. The minimum absolute atomic E-state index is 0.572. The normalized spacial score (nSPS) is 14.3. The second-order valence-electron chi connectivity index (χ2n) is 7.00. The van der Waals surface area contributed by atoms with E-state index in [4.69, 9.17) is 4.98 Å². The van der Waals surface area contributed by atoms with E-state index in [9.17, 15) is 0 Å². The van der Waals surface area contributed by atoms with Crippen LogP contribution < -0.4 is 0 Å². The zero-order valence-corrected chi connectivity index (χ0v) is 15.5. The molecule has 0 aromatic carbocycles. The van der Waals surface area contributed by atoms with Crippen LogP contribution in [0.3, 0.4) is 0 Å². The van der Waals surface area contributed by atoms with Crippen LogP contribution in [0.1, 0.15) is 102 Å². The first-order valence-electron chi connectivity index (χ1n) is 9.68. The number of hydrogen-bond donors (Lipinski definition) is 0. The lowest BCUT2D eigenvalue weighted by atomic mass is 9.93. The van der Waals surface area contributed by atoms with Crippen LogP contribution in [-0.2, 0) is 0 Å². The predicted molar refractivity (Wildman–Crippen MR) is 100 cm³/mol. The van der Waals surface area contributed by atoms with Crippen molar-refractivity contribution < 1.29 is 0 Å². The minimum Gasteiger partial charge on any atom is -0.307 e. The second-order valence-corrected chi connectivity index (χ2v) is 7.00.